The van der Waals surface area contributed by atoms with Crippen LogP contribution in [0.4, 0.5) is 0 Å². The Morgan fingerprint density at radius 1 is 1.50 bits per heavy atom. The van der Waals surface area contributed by atoms with Crippen LogP contribution >= 0.6 is 0 Å². The van der Waals surface area contributed by atoms with Gasteiger partial charge in [0.2, 0.25) is 0 Å². The lowest BCUT2D eigenvalue weighted by atomic mass is 9.90. The third-order valence-corrected chi connectivity index (χ3v) is 3.34. The molecule has 1 fully saturated rings. The Morgan fingerprint density at radius 2 is 2.21 bits per heavy atom. The smallest absolute Gasteiger partial charge is 0.138 e. The van der Waals surface area contributed by atoms with E-state index in [9.17, 15) is 4.79 Å². The number of carbonyl (C=O) groups excluding carboxylic acids is 1. The topological polar surface area (TPSA) is 26.3 Å². The Kier molecular flexibility index (Phi) is 4.59. The molecule has 0 aromatic heterocycles. The van der Waals surface area contributed by atoms with Crippen LogP contribution in [0.3, 0.4) is 0 Å². The van der Waals surface area contributed by atoms with Crippen LogP contribution in [0.2, 0.25) is 0 Å². The van der Waals surface area contributed by atoms with E-state index in [-0.39, 0.29) is 5.92 Å². The van der Waals surface area contributed by atoms with Gasteiger partial charge in [-0.15, -0.1) is 0 Å². The first kappa shape index (κ1) is 11.7. The van der Waals surface area contributed by atoms with E-state index in [2.05, 4.69) is 6.92 Å². The molecule has 1 saturated carbocycles. The molecule has 3 atom stereocenters. The van der Waals surface area contributed by atoms with Gasteiger partial charge in [-0.3, -0.25) is 4.79 Å². The number of hydrogen-bond donors (Lipinski definition) is 0. The summed E-state index contributed by atoms with van der Waals surface area (Å²) in [6, 6.07) is 0. The summed E-state index contributed by atoms with van der Waals surface area (Å²) >= 11 is 0. The fraction of sp³-hybridized carbons (Fsp3) is 0.917. The molecule has 2 nitrogen and oxygen atoms in total. The summed E-state index contributed by atoms with van der Waals surface area (Å²) in [6.45, 7) is 4.98. The highest BCUT2D eigenvalue weighted by molar-refractivity contribution is 5.83. The number of methoxy groups -OCH3 is 1. The zero-order valence-corrected chi connectivity index (χ0v) is 9.58. The first-order chi connectivity index (χ1) is 6.65. The number of ketones is 1. The Balaban J connectivity index is 2.32. The summed E-state index contributed by atoms with van der Waals surface area (Å²) in [6.07, 6.45) is 4.32. The molecule has 0 aromatic rings. The van der Waals surface area contributed by atoms with E-state index in [4.69, 9.17) is 4.74 Å². The fourth-order valence-corrected chi connectivity index (χ4v) is 2.30. The maximum Gasteiger partial charge on any atom is 0.138 e. The van der Waals surface area contributed by atoms with Gasteiger partial charge in [0.15, 0.2) is 0 Å². The zero-order valence-electron chi connectivity index (χ0n) is 9.58. The van der Waals surface area contributed by atoms with Gasteiger partial charge in [-0.2, -0.15) is 0 Å². The second-order valence-corrected chi connectivity index (χ2v) is 4.70. The summed E-state index contributed by atoms with van der Waals surface area (Å²) in [5.74, 6) is 1.74. The van der Waals surface area contributed by atoms with Crippen molar-refractivity contribution < 1.29 is 9.53 Å². The maximum atomic E-state index is 11.9. The van der Waals surface area contributed by atoms with Crippen molar-refractivity contribution in [2.24, 2.45) is 17.8 Å². The van der Waals surface area contributed by atoms with E-state index in [1.807, 2.05) is 6.92 Å². The average Bonchev–Trinajstić information content (AvgIpc) is 2.60. The van der Waals surface area contributed by atoms with Crippen LogP contribution in [0.25, 0.3) is 0 Å². The molecule has 0 heterocycles. The molecule has 0 aliphatic heterocycles. The van der Waals surface area contributed by atoms with Gasteiger partial charge in [0.05, 0.1) is 0 Å². The van der Waals surface area contributed by atoms with Gasteiger partial charge < -0.3 is 4.74 Å². The van der Waals surface area contributed by atoms with E-state index in [1.165, 1.54) is 6.42 Å². The summed E-state index contributed by atoms with van der Waals surface area (Å²) in [5.41, 5.74) is 0. The minimum absolute atomic E-state index is 0.185. The third kappa shape index (κ3) is 3.09. The molecule has 0 saturated heterocycles. The molecule has 0 bridgehead atoms. The van der Waals surface area contributed by atoms with Crippen molar-refractivity contribution in [3.8, 4) is 0 Å². The summed E-state index contributed by atoms with van der Waals surface area (Å²) in [7, 11) is 1.69. The van der Waals surface area contributed by atoms with Crippen LogP contribution in [0, 0.1) is 17.8 Å². The predicted octanol–water partition coefficient (Wildman–Crippen LogP) is 2.66. The van der Waals surface area contributed by atoms with Crippen LogP contribution in [-0.4, -0.2) is 19.5 Å². The normalized spacial score (nSPS) is 29.1. The van der Waals surface area contributed by atoms with Gasteiger partial charge >= 0.3 is 0 Å². The Labute approximate surface area is 87.0 Å². The van der Waals surface area contributed by atoms with Gasteiger partial charge in [0.1, 0.15) is 5.78 Å². The molecule has 14 heavy (non-hydrogen) atoms. The van der Waals surface area contributed by atoms with E-state index in [0.29, 0.717) is 18.3 Å². The van der Waals surface area contributed by atoms with Crippen LogP contribution in [0.1, 0.15) is 39.5 Å². The molecule has 0 radical (unpaired) electrons. The number of carbonyl (C=O) groups is 1. The van der Waals surface area contributed by atoms with Crippen molar-refractivity contribution >= 4 is 5.78 Å². The first-order valence-corrected chi connectivity index (χ1v) is 5.67. The second-order valence-electron chi connectivity index (χ2n) is 4.70. The van der Waals surface area contributed by atoms with Gasteiger partial charge in [-0.05, 0) is 31.6 Å². The molecule has 0 spiro atoms. The molecule has 1 aliphatic carbocycles. The second kappa shape index (κ2) is 5.50. The minimum Gasteiger partial charge on any atom is -0.385 e. The molecular weight excluding hydrogens is 176 g/mol. The highest BCUT2D eigenvalue weighted by atomic mass is 16.5. The third-order valence-electron chi connectivity index (χ3n) is 3.34. The van der Waals surface area contributed by atoms with E-state index in [0.717, 1.165) is 25.2 Å². The van der Waals surface area contributed by atoms with Gasteiger partial charge in [0, 0.05) is 25.6 Å². The summed E-state index contributed by atoms with van der Waals surface area (Å²) in [5, 5.41) is 0. The number of rotatable bonds is 5. The van der Waals surface area contributed by atoms with Crippen LogP contribution in [0.5, 0.6) is 0 Å². The molecule has 82 valence electrons. The van der Waals surface area contributed by atoms with E-state index < -0.39 is 0 Å². The van der Waals surface area contributed by atoms with Crippen molar-refractivity contribution in [3.05, 3.63) is 0 Å². The lowest BCUT2D eigenvalue weighted by Crippen LogP contribution is -2.20. The van der Waals surface area contributed by atoms with Gasteiger partial charge in [0.25, 0.3) is 0 Å². The number of hydrogen-bond acceptors (Lipinski definition) is 2. The predicted molar refractivity (Wildman–Crippen MR) is 57.2 cm³/mol. The van der Waals surface area contributed by atoms with Crippen molar-refractivity contribution in [1.82, 2.24) is 0 Å². The zero-order chi connectivity index (χ0) is 10.6. The Morgan fingerprint density at radius 3 is 2.71 bits per heavy atom. The highest BCUT2D eigenvalue weighted by Gasteiger charge is 2.29. The first-order valence-electron chi connectivity index (χ1n) is 5.67. The van der Waals surface area contributed by atoms with Gasteiger partial charge in [-0.1, -0.05) is 13.8 Å². The standard InChI is InChI=1S/C12H22O2/c1-9-4-5-11(8-9)12(13)10(2)6-7-14-3/h9-11H,4-8H2,1-3H3. The van der Waals surface area contributed by atoms with Gasteiger partial charge in [-0.25, -0.2) is 0 Å². The minimum atomic E-state index is 0.185. The largest absolute Gasteiger partial charge is 0.385 e. The molecule has 3 unspecified atom stereocenters. The molecule has 2 heteroatoms. The quantitative estimate of drug-likeness (QED) is 0.679. The lowest BCUT2D eigenvalue weighted by Gasteiger charge is -2.14. The summed E-state index contributed by atoms with van der Waals surface area (Å²) < 4.78 is 4.99. The van der Waals surface area contributed by atoms with Crippen molar-refractivity contribution in [2.75, 3.05) is 13.7 Å². The molecule has 0 aromatic carbocycles. The Bertz CT molecular complexity index is 189. The van der Waals surface area contributed by atoms with Crippen LogP contribution in [0.15, 0.2) is 0 Å². The SMILES string of the molecule is COCCC(C)C(=O)C1CCC(C)C1. The van der Waals surface area contributed by atoms with Crippen molar-refractivity contribution in [3.63, 3.8) is 0 Å². The molecule has 0 N–H and O–H groups in total. The molecule has 1 rings (SSSR count). The highest BCUT2D eigenvalue weighted by Crippen LogP contribution is 2.32. The molecular formula is C12H22O2. The number of Topliss-reactive ketones (excluding diaryl/α,β-unsaturated/α-hetero) is 1. The monoisotopic (exact) mass is 198 g/mol. The average molecular weight is 198 g/mol. The molecule has 1 aliphatic rings. The van der Waals surface area contributed by atoms with E-state index >= 15 is 0 Å². The number of ether oxygens (including phenoxy) is 1. The Hall–Kier alpha value is -0.370. The van der Waals surface area contributed by atoms with Crippen LogP contribution < -0.4 is 0 Å². The van der Waals surface area contributed by atoms with Crippen LogP contribution in [-0.2, 0) is 9.53 Å². The maximum absolute atomic E-state index is 11.9. The lowest BCUT2D eigenvalue weighted by molar-refractivity contribution is -0.126. The van der Waals surface area contributed by atoms with Crippen molar-refractivity contribution in [1.29, 1.82) is 0 Å². The summed E-state index contributed by atoms with van der Waals surface area (Å²) in [4.78, 5) is 11.9. The van der Waals surface area contributed by atoms with Crippen molar-refractivity contribution in [2.45, 2.75) is 39.5 Å². The fourth-order valence-electron chi connectivity index (χ4n) is 2.30. The molecule has 0 amide bonds. The van der Waals surface area contributed by atoms with E-state index in [1.54, 1.807) is 7.11 Å².